The summed E-state index contributed by atoms with van der Waals surface area (Å²) in [6.45, 7) is 31.5. The summed E-state index contributed by atoms with van der Waals surface area (Å²) in [5.74, 6) is -1.53. The highest BCUT2D eigenvalue weighted by Gasteiger charge is 2.27. The third-order valence-corrected chi connectivity index (χ3v) is 11.0. The van der Waals surface area contributed by atoms with Gasteiger partial charge in [0.15, 0.2) is 0 Å². The van der Waals surface area contributed by atoms with Crippen molar-refractivity contribution in [3.05, 3.63) is 81.7 Å². The van der Waals surface area contributed by atoms with Gasteiger partial charge in [-0.25, -0.2) is 0 Å². The first-order chi connectivity index (χ1) is 26.6. The van der Waals surface area contributed by atoms with Crippen LogP contribution < -0.4 is 4.90 Å². The number of anilines is 1. The lowest BCUT2D eigenvalue weighted by atomic mass is 9.90. The zero-order valence-electron chi connectivity index (χ0n) is 36.5. The number of hydrogen-bond acceptors (Lipinski definition) is 10. The average molecular weight is 788 g/mol. The van der Waals surface area contributed by atoms with E-state index >= 15 is 0 Å². The summed E-state index contributed by atoms with van der Waals surface area (Å²) in [5.41, 5.74) is 10.5. The number of carboxylic acids is 2. The quantitative estimate of drug-likeness (QED) is 0.265. The van der Waals surface area contributed by atoms with E-state index in [2.05, 4.69) is 115 Å². The molecule has 0 aliphatic carbocycles. The van der Waals surface area contributed by atoms with Crippen molar-refractivity contribution in [2.24, 2.45) is 0 Å². The molecule has 0 aromatic carbocycles. The molecule has 12 nitrogen and oxygen atoms in total. The molecule has 0 amide bonds. The van der Waals surface area contributed by atoms with Crippen LogP contribution in [0.2, 0.25) is 0 Å². The van der Waals surface area contributed by atoms with E-state index < -0.39 is 18.0 Å². The number of rotatable bonds is 7. The molecule has 12 heteroatoms. The molecule has 3 aromatic heterocycles. The Hall–Kier alpha value is -3.97. The van der Waals surface area contributed by atoms with Gasteiger partial charge in [0.2, 0.25) is 0 Å². The lowest BCUT2D eigenvalue weighted by Gasteiger charge is -2.36. The Kier molecular flexibility index (Phi) is 15.4. The first kappa shape index (κ1) is 45.7. The number of carboxylic acid groups (broad SMARTS) is 2. The average Bonchev–Trinajstić information content (AvgIpc) is 3.13. The van der Waals surface area contributed by atoms with E-state index in [1.807, 2.05) is 9.80 Å². The molecule has 1 unspecified atom stereocenters. The summed E-state index contributed by atoms with van der Waals surface area (Å²) >= 11 is 0. The van der Waals surface area contributed by atoms with E-state index in [1.54, 1.807) is 6.92 Å². The second-order valence-electron chi connectivity index (χ2n) is 18.8. The molecular weight excluding hydrogens is 719 g/mol. The Bertz CT molecular complexity index is 1820. The van der Waals surface area contributed by atoms with Gasteiger partial charge in [-0.15, -0.1) is 0 Å². The third-order valence-electron chi connectivity index (χ3n) is 11.0. The first-order valence-electron chi connectivity index (χ1n) is 20.5. The highest BCUT2D eigenvalue weighted by Crippen LogP contribution is 2.28. The lowest BCUT2D eigenvalue weighted by molar-refractivity contribution is -0.143. The van der Waals surface area contributed by atoms with Crippen molar-refractivity contribution < 1.29 is 24.9 Å². The van der Waals surface area contributed by atoms with Gasteiger partial charge in [-0.3, -0.25) is 39.2 Å². The van der Waals surface area contributed by atoms with Crippen LogP contribution in [0.15, 0.2) is 36.4 Å². The molecule has 0 saturated carbocycles. The number of nitrogens with zero attached hydrogens (tertiary/aromatic N) is 7. The smallest absolute Gasteiger partial charge is 0.320 e. The maximum absolute atomic E-state index is 11.0. The topological polar surface area (TPSA) is 146 Å². The number of hydrogen-bond donors (Lipinski definition) is 3. The Morgan fingerprint density at radius 3 is 1.63 bits per heavy atom. The Morgan fingerprint density at radius 1 is 0.667 bits per heavy atom. The van der Waals surface area contributed by atoms with Gasteiger partial charge in [0.25, 0.3) is 0 Å². The molecule has 57 heavy (non-hydrogen) atoms. The highest BCUT2D eigenvalue weighted by atomic mass is 16.4. The van der Waals surface area contributed by atoms with Crippen LogP contribution in [0, 0.1) is 6.92 Å². The monoisotopic (exact) mass is 788 g/mol. The molecule has 1 atom stereocenters. The largest absolute Gasteiger partial charge is 0.480 e. The number of carbonyl (C=O) groups is 2. The molecule has 0 bridgehead atoms. The normalized spacial score (nSPS) is 17.3. The second kappa shape index (κ2) is 19.2. The lowest BCUT2D eigenvalue weighted by Crippen LogP contribution is -2.47. The third kappa shape index (κ3) is 13.0. The van der Waals surface area contributed by atoms with Crippen molar-refractivity contribution in [2.75, 3.05) is 63.9 Å². The predicted molar refractivity (Wildman–Crippen MR) is 227 cm³/mol. The molecule has 1 saturated heterocycles. The number of fused-ring (bicyclic) bond motifs is 2. The Labute approximate surface area is 341 Å². The predicted octanol–water partition coefficient (Wildman–Crippen LogP) is 5.83. The van der Waals surface area contributed by atoms with Crippen molar-refractivity contribution >= 4 is 17.6 Å². The number of aryl methyl sites for hydroxylation is 1. The number of aliphatic hydroxyl groups is 1. The van der Waals surface area contributed by atoms with Gasteiger partial charge in [-0.05, 0) is 49.2 Å². The van der Waals surface area contributed by atoms with E-state index in [0.717, 1.165) is 104 Å². The Morgan fingerprint density at radius 2 is 1.16 bits per heavy atom. The van der Waals surface area contributed by atoms with E-state index in [1.165, 1.54) is 5.69 Å². The number of aliphatic hydroxyl groups excluding tert-OH is 1. The van der Waals surface area contributed by atoms with Crippen LogP contribution in [0.25, 0.3) is 0 Å². The fourth-order valence-corrected chi connectivity index (χ4v) is 7.22. The zero-order chi connectivity index (χ0) is 42.3. The van der Waals surface area contributed by atoms with Gasteiger partial charge < -0.3 is 20.2 Å². The fraction of sp³-hybridized carbons (Fsp3) is 0.622. The maximum Gasteiger partial charge on any atom is 0.320 e. The minimum atomic E-state index is -0.766. The fourth-order valence-electron chi connectivity index (χ4n) is 7.22. The molecule has 1 fully saturated rings. The van der Waals surface area contributed by atoms with Crippen LogP contribution in [0.4, 0.5) is 5.69 Å². The molecule has 6 heterocycles. The van der Waals surface area contributed by atoms with E-state index in [9.17, 15) is 9.59 Å². The van der Waals surface area contributed by atoms with Crippen molar-refractivity contribution in [3.63, 3.8) is 0 Å². The van der Waals surface area contributed by atoms with Crippen molar-refractivity contribution in [2.45, 2.75) is 124 Å². The molecule has 6 rings (SSSR count). The molecule has 0 radical (unpaired) electrons. The standard InChI is InChI=1S/C16H27N3O.C15H22N2O2.C14H20N2O2/c1-13-14(5-6-15(17-13)16(2,3)4)19-9-7-18(8-10-19)11-12-20;1-10(14(18)19)17-8-7-12-11(9-17)5-6-13(16-12)15(2,3)4;1-14(2,3)12-5-4-10-8-16(9-13(17)18)7-6-11(10)15-12/h5-6,20H,7-12H2,1-4H3;5-6,10H,7-9H2,1-4H3,(H,18,19);4-5H,6-9H2,1-3H3,(H,17,18). The van der Waals surface area contributed by atoms with Gasteiger partial charge >= 0.3 is 11.9 Å². The van der Waals surface area contributed by atoms with Crippen LogP contribution in [-0.2, 0) is 51.8 Å². The Balaban J connectivity index is 0.000000190. The number of aliphatic carboxylic acids is 2. The highest BCUT2D eigenvalue weighted by molar-refractivity contribution is 5.73. The molecule has 314 valence electrons. The minimum Gasteiger partial charge on any atom is -0.480 e. The number of pyridine rings is 3. The van der Waals surface area contributed by atoms with Crippen molar-refractivity contribution in [3.8, 4) is 0 Å². The zero-order valence-corrected chi connectivity index (χ0v) is 36.5. The molecule has 3 aromatic rings. The van der Waals surface area contributed by atoms with Crippen LogP contribution in [-0.4, -0.2) is 122 Å². The number of β-amino-alcohol motifs (C(OH)–C–C–N with tert-alkyl or cyclic N) is 1. The SMILES string of the molecule is CC(C(=O)O)N1CCc2nc(C(C)(C)C)ccc2C1.CC(C)(C)c1ccc2c(n1)CCN(CC(=O)O)C2.Cc1nc(C(C)(C)C)ccc1N1CCN(CCO)CC1. The molecule has 0 spiro atoms. The molecule has 3 N–H and O–H groups in total. The summed E-state index contributed by atoms with van der Waals surface area (Å²) in [5, 5.41) is 26.9. The molecule has 3 aliphatic rings. The summed E-state index contributed by atoms with van der Waals surface area (Å²) in [7, 11) is 0. The molecular formula is C45H69N7O5. The maximum atomic E-state index is 11.0. The summed E-state index contributed by atoms with van der Waals surface area (Å²) in [6.07, 6.45) is 1.67. The van der Waals surface area contributed by atoms with Crippen molar-refractivity contribution in [1.82, 2.24) is 29.7 Å². The van der Waals surface area contributed by atoms with Crippen molar-refractivity contribution in [1.29, 1.82) is 0 Å². The summed E-state index contributed by atoms with van der Waals surface area (Å²) in [6, 6.07) is 12.3. The van der Waals surface area contributed by atoms with Gasteiger partial charge in [-0.1, -0.05) is 74.4 Å². The van der Waals surface area contributed by atoms with E-state index in [0.29, 0.717) is 13.1 Å². The summed E-state index contributed by atoms with van der Waals surface area (Å²) < 4.78 is 0. The van der Waals surface area contributed by atoms with Gasteiger partial charge in [0.05, 0.1) is 24.5 Å². The van der Waals surface area contributed by atoms with Crippen LogP contribution in [0.1, 0.15) is 115 Å². The first-order valence-corrected chi connectivity index (χ1v) is 20.5. The van der Waals surface area contributed by atoms with Gasteiger partial charge in [0.1, 0.15) is 6.04 Å². The van der Waals surface area contributed by atoms with Gasteiger partial charge in [-0.2, -0.15) is 0 Å². The minimum absolute atomic E-state index is 0.0561. The number of aromatic nitrogens is 3. The van der Waals surface area contributed by atoms with Crippen LogP contribution in [0.3, 0.4) is 0 Å². The van der Waals surface area contributed by atoms with E-state index in [4.69, 9.17) is 30.3 Å². The van der Waals surface area contributed by atoms with Crippen LogP contribution >= 0.6 is 0 Å². The van der Waals surface area contributed by atoms with E-state index in [-0.39, 0.29) is 29.4 Å². The number of piperazine rings is 1. The second-order valence-corrected chi connectivity index (χ2v) is 18.8. The molecule has 3 aliphatic heterocycles. The summed E-state index contributed by atoms with van der Waals surface area (Å²) in [4.78, 5) is 44.6. The van der Waals surface area contributed by atoms with Gasteiger partial charge in [0, 0.05) is 116 Å². The van der Waals surface area contributed by atoms with Crippen LogP contribution in [0.5, 0.6) is 0 Å².